The molecule has 0 aliphatic carbocycles. The van der Waals surface area contributed by atoms with Gasteiger partial charge >= 0.3 is 0 Å². The van der Waals surface area contributed by atoms with Gasteiger partial charge in [0.1, 0.15) is 6.29 Å². The number of aliphatic hydroxyl groups excluding tert-OH is 2. The van der Waals surface area contributed by atoms with E-state index in [0.717, 1.165) is 25.7 Å². The Morgan fingerprint density at radius 1 is 1.15 bits per heavy atom. The molecule has 0 rings (SSSR count). The Bertz CT molecular complexity index is 130. The van der Waals surface area contributed by atoms with E-state index < -0.39 is 5.41 Å². The summed E-state index contributed by atoms with van der Waals surface area (Å²) in [6.45, 7) is 1.61. The zero-order chi connectivity index (χ0) is 10.2. The molecule has 0 aliphatic rings. The molecule has 78 valence electrons. The fourth-order valence-electron chi connectivity index (χ4n) is 1.25. The highest BCUT2D eigenvalue weighted by Gasteiger charge is 2.27. The Labute approximate surface area is 79.8 Å². The third-order valence-corrected chi connectivity index (χ3v) is 2.41. The van der Waals surface area contributed by atoms with Gasteiger partial charge in [-0.2, -0.15) is 0 Å². The molecule has 2 N–H and O–H groups in total. The van der Waals surface area contributed by atoms with Crippen molar-refractivity contribution >= 4 is 6.29 Å². The number of aldehydes is 1. The summed E-state index contributed by atoms with van der Waals surface area (Å²) in [5, 5.41) is 17.9. The molecule has 0 aromatic heterocycles. The van der Waals surface area contributed by atoms with Crippen LogP contribution in [-0.2, 0) is 4.79 Å². The first-order valence-corrected chi connectivity index (χ1v) is 4.92. The third-order valence-electron chi connectivity index (χ3n) is 2.41. The molecule has 0 heterocycles. The Balaban J connectivity index is 3.75. The molecule has 0 atom stereocenters. The van der Waals surface area contributed by atoms with Crippen LogP contribution in [0.15, 0.2) is 0 Å². The summed E-state index contributed by atoms with van der Waals surface area (Å²) in [5.41, 5.74) is -0.895. The largest absolute Gasteiger partial charge is 0.395 e. The summed E-state index contributed by atoms with van der Waals surface area (Å²) in [6, 6.07) is 0. The normalized spacial score (nSPS) is 11.6. The summed E-state index contributed by atoms with van der Waals surface area (Å²) >= 11 is 0. The summed E-state index contributed by atoms with van der Waals surface area (Å²) in [5.74, 6) is 0. The molecule has 0 radical (unpaired) electrons. The minimum Gasteiger partial charge on any atom is -0.395 e. The molecular weight excluding hydrogens is 168 g/mol. The van der Waals surface area contributed by atoms with Crippen LogP contribution in [-0.4, -0.2) is 29.7 Å². The second-order valence-electron chi connectivity index (χ2n) is 3.61. The number of carbonyl (C=O) groups excluding carboxylic acids is 1. The lowest BCUT2D eigenvalue weighted by molar-refractivity contribution is -0.121. The van der Waals surface area contributed by atoms with Crippen molar-refractivity contribution in [3.05, 3.63) is 0 Å². The first-order valence-electron chi connectivity index (χ1n) is 4.92. The van der Waals surface area contributed by atoms with Crippen LogP contribution in [0.25, 0.3) is 0 Å². The molecule has 0 spiro atoms. The average molecular weight is 188 g/mol. The van der Waals surface area contributed by atoms with Crippen molar-refractivity contribution in [1.82, 2.24) is 0 Å². The van der Waals surface area contributed by atoms with Gasteiger partial charge in [-0.1, -0.05) is 32.6 Å². The Hall–Kier alpha value is -0.410. The summed E-state index contributed by atoms with van der Waals surface area (Å²) < 4.78 is 0. The molecule has 0 unspecified atom stereocenters. The lowest BCUT2D eigenvalue weighted by atomic mass is 9.86. The van der Waals surface area contributed by atoms with Crippen LogP contribution < -0.4 is 0 Å². The number of hydrogen-bond acceptors (Lipinski definition) is 3. The maximum Gasteiger partial charge on any atom is 0.130 e. The van der Waals surface area contributed by atoms with Gasteiger partial charge in [0, 0.05) is 0 Å². The Morgan fingerprint density at radius 2 is 1.77 bits per heavy atom. The predicted molar refractivity (Wildman–Crippen MR) is 51.4 cm³/mol. The molecule has 0 aliphatic heterocycles. The molecule has 0 saturated heterocycles. The van der Waals surface area contributed by atoms with E-state index in [1.165, 1.54) is 0 Å². The maximum atomic E-state index is 10.6. The SMILES string of the molecule is CCCCCCC(C=O)(CO)CO. The summed E-state index contributed by atoms with van der Waals surface area (Å²) in [6.07, 6.45) is 5.51. The van der Waals surface area contributed by atoms with Gasteiger partial charge in [0.2, 0.25) is 0 Å². The highest BCUT2D eigenvalue weighted by Crippen LogP contribution is 2.21. The van der Waals surface area contributed by atoms with Crippen molar-refractivity contribution < 1.29 is 15.0 Å². The van der Waals surface area contributed by atoms with E-state index in [-0.39, 0.29) is 13.2 Å². The van der Waals surface area contributed by atoms with Crippen LogP contribution in [0.5, 0.6) is 0 Å². The van der Waals surface area contributed by atoms with Gasteiger partial charge in [-0.25, -0.2) is 0 Å². The van der Waals surface area contributed by atoms with Gasteiger partial charge < -0.3 is 15.0 Å². The number of aliphatic hydroxyl groups is 2. The maximum absolute atomic E-state index is 10.6. The Morgan fingerprint density at radius 3 is 2.15 bits per heavy atom. The van der Waals surface area contributed by atoms with Crippen LogP contribution in [0.1, 0.15) is 39.0 Å². The minimum atomic E-state index is -0.895. The number of unbranched alkanes of at least 4 members (excludes halogenated alkanes) is 3. The molecule has 3 nitrogen and oxygen atoms in total. The second-order valence-corrected chi connectivity index (χ2v) is 3.61. The lowest BCUT2D eigenvalue weighted by Crippen LogP contribution is -2.31. The van der Waals surface area contributed by atoms with Crippen molar-refractivity contribution in [2.24, 2.45) is 5.41 Å². The van der Waals surface area contributed by atoms with Crippen molar-refractivity contribution in [1.29, 1.82) is 0 Å². The second kappa shape index (κ2) is 7.04. The molecule has 0 amide bonds. The van der Waals surface area contributed by atoms with Gasteiger partial charge in [-0.15, -0.1) is 0 Å². The number of hydrogen-bond donors (Lipinski definition) is 2. The quantitative estimate of drug-likeness (QED) is 0.443. The zero-order valence-corrected chi connectivity index (χ0v) is 8.33. The van der Waals surface area contributed by atoms with Gasteiger partial charge in [-0.05, 0) is 6.42 Å². The monoisotopic (exact) mass is 188 g/mol. The van der Waals surface area contributed by atoms with Crippen molar-refractivity contribution in [3.63, 3.8) is 0 Å². The summed E-state index contributed by atoms with van der Waals surface area (Å²) in [4.78, 5) is 10.6. The van der Waals surface area contributed by atoms with Crippen molar-refractivity contribution in [2.75, 3.05) is 13.2 Å². The topological polar surface area (TPSA) is 57.5 Å². The molecule has 0 aromatic carbocycles. The highest BCUT2D eigenvalue weighted by molar-refractivity contribution is 5.59. The van der Waals surface area contributed by atoms with E-state index in [4.69, 9.17) is 10.2 Å². The van der Waals surface area contributed by atoms with E-state index >= 15 is 0 Å². The molecule has 0 aromatic rings. The number of carbonyl (C=O) groups is 1. The van der Waals surface area contributed by atoms with Gasteiger partial charge in [0.15, 0.2) is 0 Å². The molecule has 0 fully saturated rings. The van der Waals surface area contributed by atoms with E-state index in [1.54, 1.807) is 0 Å². The standard InChI is InChI=1S/C10H20O3/c1-2-3-4-5-6-10(7-11,8-12)9-13/h7,12-13H,2-6,8-9H2,1H3. The smallest absolute Gasteiger partial charge is 0.130 e. The van der Waals surface area contributed by atoms with Crippen LogP contribution >= 0.6 is 0 Å². The minimum absolute atomic E-state index is 0.251. The first-order chi connectivity index (χ1) is 6.24. The van der Waals surface area contributed by atoms with Gasteiger partial charge in [-0.3, -0.25) is 0 Å². The van der Waals surface area contributed by atoms with Crippen LogP contribution in [0, 0.1) is 5.41 Å². The molecule has 3 heteroatoms. The van der Waals surface area contributed by atoms with E-state index in [2.05, 4.69) is 6.92 Å². The van der Waals surface area contributed by atoms with Crippen molar-refractivity contribution in [2.45, 2.75) is 39.0 Å². The molecule has 0 bridgehead atoms. The molecule has 0 saturated carbocycles. The van der Waals surface area contributed by atoms with Crippen LogP contribution in [0.3, 0.4) is 0 Å². The summed E-state index contributed by atoms with van der Waals surface area (Å²) in [7, 11) is 0. The molecular formula is C10H20O3. The van der Waals surface area contributed by atoms with Gasteiger partial charge in [0.25, 0.3) is 0 Å². The fraction of sp³-hybridized carbons (Fsp3) is 0.900. The number of rotatable bonds is 8. The lowest BCUT2D eigenvalue weighted by Gasteiger charge is -2.22. The molecule has 13 heavy (non-hydrogen) atoms. The fourth-order valence-corrected chi connectivity index (χ4v) is 1.25. The predicted octanol–water partition coefficient (Wildman–Crippen LogP) is 1.13. The average Bonchev–Trinajstić information content (AvgIpc) is 2.20. The van der Waals surface area contributed by atoms with Crippen LogP contribution in [0.2, 0.25) is 0 Å². The highest BCUT2D eigenvalue weighted by atomic mass is 16.3. The van der Waals surface area contributed by atoms with Crippen molar-refractivity contribution in [3.8, 4) is 0 Å². The van der Waals surface area contributed by atoms with E-state index in [9.17, 15) is 4.79 Å². The third kappa shape index (κ3) is 4.39. The van der Waals surface area contributed by atoms with Gasteiger partial charge in [0.05, 0.1) is 18.6 Å². The van der Waals surface area contributed by atoms with Crippen LogP contribution in [0.4, 0.5) is 0 Å². The Kier molecular flexibility index (Phi) is 6.82. The van der Waals surface area contributed by atoms with E-state index in [1.807, 2.05) is 0 Å². The van der Waals surface area contributed by atoms with E-state index in [0.29, 0.717) is 12.7 Å². The first kappa shape index (κ1) is 12.6. The zero-order valence-electron chi connectivity index (χ0n) is 8.33.